The van der Waals surface area contributed by atoms with Crippen LogP contribution in [0.25, 0.3) is 11.1 Å². The lowest BCUT2D eigenvalue weighted by Crippen LogP contribution is -2.30. The summed E-state index contributed by atoms with van der Waals surface area (Å²) in [6.45, 7) is 27.8. The zero-order valence-corrected chi connectivity index (χ0v) is 35.6. The van der Waals surface area contributed by atoms with E-state index in [0.29, 0.717) is 22.5 Å². The number of benzene rings is 4. The summed E-state index contributed by atoms with van der Waals surface area (Å²) in [6.07, 6.45) is 5.21. The Morgan fingerprint density at radius 3 is 0.764 bits per heavy atom. The van der Waals surface area contributed by atoms with E-state index in [1.807, 2.05) is 79.7 Å². The number of carbonyl (C=O) groups excluding carboxylic acids is 4. The Balaban J connectivity index is -0.000000303. The second-order valence-corrected chi connectivity index (χ2v) is 10.4. The van der Waals surface area contributed by atoms with Crippen LogP contribution in [0.2, 0.25) is 0 Å². The van der Waals surface area contributed by atoms with Crippen LogP contribution in [0.15, 0.2) is 145 Å². The minimum atomic E-state index is -0.265. The summed E-state index contributed by atoms with van der Waals surface area (Å²) < 4.78 is 0. The fourth-order valence-corrected chi connectivity index (χ4v) is 4.08. The van der Waals surface area contributed by atoms with Crippen molar-refractivity contribution in [3.63, 3.8) is 0 Å². The Morgan fingerprint density at radius 1 is 0.382 bits per heavy atom. The summed E-state index contributed by atoms with van der Waals surface area (Å²) in [5.74, 6) is -1.00. The lowest BCUT2D eigenvalue weighted by molar-refractivity contribution is -0.121. The normalized spacial score (nSPS) is 11.4. The Kier molecular flexibility index (Phi) is 37.9. The number of amides is 4. The minimum Gasteiger partial charge on any atom is -0.269 e. The van der Waals surface area contributed by atoms with Gasteiger partial charge in [0.25, 0.3) is 23.6 Å². The molecule has 0 radical (unpaired) electrons. The van der Waals surface area contributed by atoms with Crippen molar-refractivity contribution < 1.29 is 19.2 Å². The van der Waals surface area contributed by atoms with E-state index in [1.165, 1.54) is 45.9 Å². The van der Waals surface area contributed by atoms with Crippen LogP contribution in [-0.2, 0) is 19.2 Å². The molecule has 2 aliphatic rings. The van der Waals surface area contributed by atoms with Gasteiger partial charge in [0.2, 0.25) is 0 Å². The highest BCUT2D eigenvalue weighted by molar-refractivity contribution is 6.31. The molecule has 6 rings (SSSR count). The molecule has 0 bridgehead atoms. The summed E-state index contributed by atoms with van der Waals surface area (Å²) in [4.78, 5) is 48.3. The highest BCUT2D eigenvalue weighted by Gasteiger charge is 2.30. The van der Waals surface area contributed by atoms with E-state index < -0.39 is 0 Å². The maximum Gasteiger partial charge on any atom is 0.261 e. The largest absolute Gasteiger partial charge is 0.269 e. The summed E-state index contributed by atoms with van der Waals surface area (Å²) in [7, 11) is 0. The molecule has 0 saturated heterocycles. The molecule has 0 N–H and O–H groups in total. The van der Waals surface area contributed by atoms with Gasteiger partial charge in [-0.1, -0.05) is 200 Å². The molecule has 4 aromatic carbocycles. The third-order valence-corrected chi connectivity index (χ3v) is 6.11. The number of nitrogens with zero attached hydrogens (tertiary/aromatic N) is 2. The van der Waals surface area contributed by atoms with Gasteiger partial charge in [0.05, 0.1) is 11.4 Å². The van der Waals surface area contributed by atoms with Gasteiger partial charge in [0, 0.05) is 23.3 Å². The van der Waals surface area contributed by atoms with Gasteiger partial charge < -0.3 is 0 Å². The van der Waals surface area contributed by atoms with Crippen molar-refractivity contribution in [3.05, 3.63) is 145 Å². The highest BCUT2D eigenvalue weighted by Crippen LogP contribution is 2.22. The molecule has 0 atom stereocenters. The molecule has 4 aromatic rings. The van der Waals surface area contributed by atoms with Crippen molar-refractivity contribution in [3.8, 4) is 11.1 Å². The molecule has 0 unspecified atom stereocenters. The van der Waals surface area contributed by atoms with Crippen LogP contribution in [-0.4, -0.2) is 23.6 Å². The van der Waals surface area contributed by atoms with E-state index >= 15 is 0 Å². The summed E-state index contributed by atoms with van der Waals surface area (Å²) >= 11 is 0. The maximum atomic E-state index is 11.6. The summed E-state index contributed by atoms with van der Waals surface area (Å²) in [5.41, 5.74) is 4.76. The average molecular weight is 753 g/mol. The molecule has 6 nitrogen and oxygen atoms in total. The molecule has 2 heterocycles. The van der Waals surface area contributed by atoms with E-state index in [-0.39, 0.29) is 31.1 Å². The first kappa shape index (κ1) is 56.4. The number of anilines is 2. The van der Waals surface area contributed by atoms with E-state index in [4.69, 9.17) is 0 Å². The second kappa shape index (κ2) is 37.0. The Labute approximate surface area is 336 Å². The lowest BCUT2D eigenvalue weighted by Gasteiger charge is -2.13. The Hall–Kier alpha value is -5.36. The summed E-state index contributed by atoms with van der Waals surface area (Å²) in [6, 6.07) is 38.6. The first-order valence-corrected chi connectivity index (χ1v) is 19.5. The quantitative estimate of drug-likeness (QED) is 0.195. The maximum absolute atomic E-state index is 11.6. The van der Waals surface area contributed by atoms with Crippen LogP contribution in [0.5, 0.6) is 0 Å². The molecule has 4 amide bonds. The van der Waals surface area contributed by atoms with Crippen LogP contribution in [0.1, 0.15) is 117 Å². The predicted octanol–water partition coefficient (Wildman–Crippen LogP) is 13.9. The molecule has 2 aliphatic heterocycles. The Bertz CT molecular complexity index is 1480. The van der Waals surface area contributed by atoms with Crippen LogP contribution in [0, 0.1) is 0 Å². The van der Waals surface area contributed by atoms with E-state index in [0.717, 1.165) is 0 Å². The topological polar surface area (TPSA) is 74.8 Å². The molecule has 0 saturated carbocycles. The molecule has 0 aromatic heterocycles. The van der Waals surface area contributed by atoms with E-state index in [2.05, 4.69) is 76.2 Å². The third kappa shape index (κ3) is 21.2. The first-order valence-electron chi connectivity index (χ1n) is 19.5. The van der Waals surface area contributed by atoms with Crippen molar-refractivity contribution in [2.75, 3.05) is 9.80 Å². The molecule has 302 valence electrons. The number of carbonyl (C=O) groups is 4. The minimum absolute atomic E-state index is 0. The smallest absolute Gasteiger partial charge is 0.261 e. The van der Waals surface area contributed by atoms with Crippen LogP contribution >= 0.6 is 0 Å². The van der Waals surface area contributed by atoms with Crippen LogP contribution < -0.4 is 9.80 Å². The fraction of sp³-hybridized carbons (Fsp3) is 0.347. The van der Waals surface area contributed by atoms with Gasteiger partial charge in [-0.3, -0.25) is 19.2 Å². The second-order valence-electron chi connectivity index (χ2n) is 10.4. The van der Waals surface area contributed by atoms with Crippen LogP contribution in [0.4, 0.5) is 11.4 Å². The fourth-order valence-electron chi connectivity index (χ4n) is 4.08. The monoisotopic (exact) mass is 753 g/mol. The zero-order valence-electron chi connectivity index (χ0n) is 35.6. The van der Waals surface area contributed by atoms with Gasteiger partial charge in [-0.2, -0.15) is 0 Å². The number of hydrogen-bond donors (Lipinski definition) is 0. The zero-order chi connectivity index (χ0) is 41.9. The lowest BCUT2D eigenvalue weighted by atomic mass is 10.1. The van der Waals surface area contributed by atoms with Crippen molar-refractivity contribution in [2.24, 2.45) is 0 Å². The molecular weight excluding hydrogens is 681 g/mol. The van der Waals surface area contributed by atoms with Gasteiger partial charge in [-0.05, 0) is 49.2 Å². The van der Waals surface area contributed by atoms with Crippen molar-refractivity contribution in [1.82, 2.24) is 0 Å². The number of para-hydroxylation sites is 2. The van der Waals surface area contributed by atoms with Crippen molar-refractivity contribution >= 4 is 35.0 Å². The Morgan fingerprint density at radius 2 is 0.582 bits per heavy atom. The number of imide groups is 2. The first-order chi connectivity index (χ1) is 26.2. The molecule has 55 heavy (non-hydrogen) atoms. The third-order valence-electron chi connectivity index (χ3n) is 6.11. The average Bonchev–Trinajstić information content (AvgIpc) is 3.65. The molecule has 6 heteroatoms. The van der Waals surface area contributed by atoms with E-state index in [1.54, 1.807) is 62.4 Å². The molecule has 0 spiro atoms. The highest BCUT2D eigenvalue weighted by atomic mass is 16.2. The molecule has 0 fully saturated rings. The van der Waals surface area contributed by atoms with Gasteiger partial charge >= 0.3 is 0 Å². The van der Waals surface area contributed by atoms with Gasteiger partial charge in [-0.15, -0.1) is 0 Å². The van der Waals surface area contributed by atoms with Crippen molar-refractivity contribution in [2.45, 2.75) is 117 Å². The van der Waals surface area contributed by atoms with Gasteiger partial charge in [0.1, 0.15) is 0 Å². The summed E-state index contributed by atoms with van der Waals surface area (Å²) in [5, 5.41) is 0. The molecule has 0 aliphatic carbocycles. The van der Waals surface area contributed by atoms with Crippen LogP contribution in [0.3, 0.4) is 0 Å². The van der Waals surface area contributed by atoms with Gasteiger partial charge in [-0.25, -0.2) is 9.80 Å². The number of rotatable bonds is 3. The van der Waals surface area contributed by atoms with E-state index in [9.17, 15) is 19.2 Å². The number of hydrogen-bond acceptors (Lipinski definition) is 4. The van der Waals surface area contributed by atoms with Crippen molar-refractivity contribution in [1.29, 1.82) is 0 Å². The predicted molar refractivity (Wildman–Crippen MR) is 241 cm³/mol. The standard InChI is InChI=1S/C12H10.2C11H9NO2.2C3H8.4C2H6.CH4/c1-3-7-11(8-4-1)12-9-5-2-6-10-12;2*1-8-7-10(13)12(11(8)14)9-5-3-2-4-6-9;2*1-3-2;4*1-2;/h1-10H;2*2-7H,1H3;2*3H2,1-2H3;4*1-2H3;1H4. The van der Waals surface area contributed by atoms with Gasteiger partial charge in [0.15, 0.2) is 0 Å². The molecular formula is C49H72N2O4. The SMILES string of the molecule is C.CC.CC.CC.CC.CC1=CC(=O)N(c2ccccc2)C1=O.CC1=CC(=O)N(c2ccccc2)C1=O.CCC.CCC.c1ccc(-c2ccccc2)cc1.